The SMILES string of the molecule is CN1CCCN=C1CN.Cl.Cl. The standard InChI is InChI=1S/C6H13N3.2ClH/c1-9-4-2-3-8-6(9)5-7;;/h2-5,7H2,1H3;2*1H. The first-order valence-corrected chi connectivity index (χ1v) is 3.29. The molecule has 1 aliphatic heterocycles. The van der Waals surface area contributed by atoms with E-state index in [9.17, 15) is 0 Å². The van der Waals surface area contributed by atoms with Crippen LogP contribution < -0.4 is 5.73 Å². The Hall–Kier alpha value is 0.01000. The molecule has 3 nitrogen and oxygen atoms in total. The number of hydrogen-bond donors (Lipinski definition) is 1. The van der Waals surface area contributed by atoms with Crippen LogP contribution in [0, 0.1) is 0 Å². The molecule has 0 fully saturated rings. The van der Waals surface area contributed by atoms with Gasteiger partial charge in [-0.15, -0.1) is 24.8 Å². The van der Waals surface area contributed by atoms with Crippen molar-refractivity contribution in [3.8, 4) is 0 Å². The second-order valence-electron chi connectivity index (χ2n) is 2.28. The number of nitrogens with zero attached hydrogens (tertiary/aromatic N) is 2. The van der Waals surface area contributed by atoms with Crippen molar-refractivity contribution in [1.82, 2.24) is 4.90 Å². The van der Waals surface area contributed by atoms with Gasteiger partial charge in [-0.2, -0.15) is 0 Å². The monoisotopic (exact) mass is 199 g/mol. The molecule has 1 rings (SSSR count). The average Bonchev–Trinajstić information content (AvgIpc) is 1.89. The Bertz CT molecular complexity index is 127. The highest BCUT2D eigenvalue weighted by Gasteiger charge is 2.07. The maximum atomic E-state index is 5.42. The lowest BCUT2D eigenvalue weighted by Gasteiger charge is -2.23. The highest BCUT2D eigenvalue weighted by atomic mass is 35.5. The van der Waals surface area contributed by atoms with Crippen molar-refractivity contribution < 1.29 is 0 Å². The summed E-state index contributed by atoms with van der Waals surface area (Å²) in [6, 6.07) is 0. The minimum atomic E-state index is 0. The van der Waals surface area contributed by atoms with Crippen molar-refractivity contribution in [2.24, 2.45) is 10.7 Å². The summed E-state index contributed by atoms with van der Waals surface area (Å²) in [5.41, 5.74) is 5.42. The Morgan fingerprint density at radius 2 is 2.18 bits per heavy atom. The van der Waals surface area contributed by atoms with Crippen LogP contribution in [-0.4, -0.2) is 37.4 Å². The molecule has 0 bridgehead atoms. The van der Waals surface area contributed by atoms with E-state index in [0.29, 0.717) is 6.54 Å². The molecule has 0 radical (unpaired) electrons. The van der Waals surface area contributed by atoms with Crippen LogP contribution in [0.15, 0.2) is 4.99 Å². The zero-order valence-electron chi connectivity index (χ0n) is 6.62. The Morgan fingerprint density at radius 3 is 2.55 bits per heavy atom. The van der Waals surface area contributed by atoms with Crippen LogP contribution in [0.4, 0.5) is 0 Å². The third-order valence-electron chi connectivity index (χ3n) is 1.57. The Morgan fingerprint density at radius 1 is 1.55 bits per heavy atom. The van der Waals surface area contributed by atoms with Gasteiger partial charge in [0, 0.05) is 20.1 Å². The van der Waals surface area contributed by atoms with Gasteiger partial charge in [0.1, 0.15) is 5.84 Å². The molecule has 0 saturated heterocycles. The van der Waals surface area contributed by atoms with Crippen molar-refractivity contribution >= 4 is 30.6 Å². The summed E-state index contributed by atoms with van der Waals surface area (Å²) < 4.78 is 0. The largest absolute Gasteiger partial charge is 0.362 e. The first kappa shape index (κ1) is 13.6. The van der Waals surface area contributed by atoms with Gasteiger partial charge in [0.15, 0.2) is 0 Å². The van der Waals surface area contributed by atoms with Crippen LogP contribution in [0.1, 0.15) is 6.42 Å². The molecule has 0 aliphatic carbocycles. The predicted octanol–water partition coefficient (Wildman–Crippen LogP) is 0.523. The van der Waals surface area contributed by atoms with Crippen LogP contribution in [0.25, 0.3) is 0 Å². The second-order valence-corrected chi connectivity index (χ2v) is 2.28. The van der Waals surface area contributed by atoms with Crippen LogP contribution in [0.5, 0.6) is 0 Å². The van der Waals surface area contributed by atoms with Crippen molar-refractivity contribution in [1.29, 1.82) is 0 Å². The van der Waals surface area contributed by atoms with Gasteiger partial charge < -0.3 is 10.6 Å². The van der Waals surface area contributed by atoms with Crippen LogP contribution in [0.2, 0.25) is 0 Å². The van der Waals surface area contributed by atoms with E-state index < -0.39 is 0 Å². The number of likely N-dealkylation sites (N-methyl/N-ethyl adjacent to an activating group) is 1. The van der Waals surface area contributed by atoms with Gasteiger partial charge in [-0.25, -0.2) is 0 Å². The van der Waals surface area contributed by atoms with Gasteiger partial charge in [-0.05, 0) is 6.42 Å². The molecule has 11 heavy (non-hydrogen) atoms. The zero-order chi connectivity index (χ0) is 6.69. The fraction of sp³-hybridized carbons (Fsp3) is 0.833. The molecule has 1 heterocycles. The fourth-order valence-corrected chi connectivity index (χ4v) is 0.986. The number of aliphatic imine (C=N–C) groups is 1. The molecular weight excluding hydrogens is 185 g/mol. The van der Waals surface area contributed by atoms with E-state index in [-0.39, 0.29) is 24.8 Å². The minimum Gasteiger partial charge on any atom is -0.362 e. The van der Waals surface area contributed by atoms with Gasteiger partial charge >= 0.3 is 0 Å². The van der Waals surface area contributed by atoms with Gasteiger partial charge in [-0.3, -0.25) is 4.99 Å². The lowest BCUT2D eigenvalue weighted by Crippen LogP contribution is -2.36. The van der Waals surface area contributed by atoms with Gasteiger partial charge in [0.25, 0.3) is 0 Å². The van der Waals surface area contributed by atoms with Crippen LogP contribution in [0.3, 0.4) is 0 Å². The topological polar surface area (TPSA) is 41.6 Å². The van der Waals surface area contributed by atoms with E-state index in [1.54, 1.807) is 0 Å². The van der Waals surface area contributed by atoms with Crippen molar-refractivity contribution in [3.05, 3.63) is 0 Å². The molecule has 0 amide bonds. The first-order chi connectivity index (χ1) is 4.34. The molecular formula is C6H15Cl2N3. The molecule has 1 aliphatic rings. The summed E-state index contributed by atoms with van der Waals surface area (Å²) in [7, 11) is 2.03. The molecule has 0 aromatic carbocycles. The van der Waals surface area contributed by atoms with Crippen molar-refractivity contribution in [2.45, 2.75) is 6.42 Å². The molecule has 0 saturated carbocycles. The average molecular weight is 200 g/mol. The molecule has 0 atom stereocenters. The molecule has 0 spiro atoms. The van der Waals surface area contributed by atoms with Crippen LogP contribution >= 0.6 is 24.8 Å². The third kappa shape index (κ3) is 3.79. The maximum absolute atomic E-state index is 5.42. The number of rotatable bonds is 1. The predicted molar refractivity (Wildman–Crippen MR) is 53.1 cm³/mol. The fourth-order valence-electron chi connectivity index (χ4n) is 0.986. The summed E-state index contributed by atoms with van der Waals surface area (Å²) in [6.07, 6.45) is 1.17. The Kier molecular flexibility index (Phi) is 8.28. The van der Waals surface area contributed by atoms with Gasteiger partial charge in [-0.1, -0.05) is 0 Å². The molecule has 5 heteroatoms. The van der Waals surface area contributed by atoms with Crippen LogP contribution in [-0.2, 0) is 0 Å². The van der Waals surface area contributed by atoms with Crippen molar-refractivity contribution in [2.75, 3.05) is 26.7 Å². The second kappa shape index (κ2) is 6.70. The maximum Gasteiger partial charge on any atom is 0.112 e. The molecule has 0 aromatic rings. The lowest BCUT2D eigenvalue weighted by molar-refractivity contribution is 0.461. The zero-order valence-corrected chi connectivity index (χ0v) is 8.25. The Labute approximate surface area is 79.9 Å². The number of hydrogen-bond acceptors (Lipinski definition) is 3. The summed E-state index contributed by atoms with van der Waals surface area (Å²) in [5.74, 6) is 1.04. The first-order valence-electron chi connectivity index (χ1n) is 3.29. The summed E-state index contributed by atoms with van der Waals surface area (Å²) in [6.45, 7) is 2.64. The number of amidine groups is 1. The smallest absolute Gasteiger partial charge is 0.112 e. The van der Waals surface area contributed by atoms with E-state index in [1.807, 2.05) is 7.05 Å². The summed E-state index contributed by atoms with van der Waals surface area (Å²) in [4.78, 5) is 6.36. The Balaban J connectivity index is 0. The van der Waals surface area contributed by atoms with Gasteiger partial charge in [0.2, 0.25) is 0 Å². The normalized spacial score (nSPS) is 16.2. The van der Waals surface area contributed by atoms with E-state index >= 15 is 0 Å². The van der Waals surface area contributed by atoms with E-state index in [2.05, 4.69) is 9.89 Å². The van der Waals surface area contributed by atoms with E-state index in [1.165, 1.54) is 6.42 Å². The molecule has 0 unspecified atom stereocenters. The molecule has 2 N–H and O–H groups in total. The van der Waals surface area contributed by atoms with E-state index in [4.69, 9.17) is 5.73 Å². The lowest BCUT2D eigenvalue weighted by atomic mass is 10.3. The summed E-state index contributed by atoms with van der Waals surface area (Å²) in [5, 5.41) is 0. The molecule has 0 aromatic heterocycles. The number of nitrogens with two attached hydrogens (primary N) is 1. The van der Waals surface area contributed by atoms with Crippen molar-refractivity contribution in [3.63, 3.8) is 0 Å². The van der Waals surface area contributed by atoms with E-state index in [0.717, 1.165) is 18.9 Å². The summed E-state index contributed by atoms with van der Waals surface area (Å²) >= 11 is 0. The number of halogens is 2. The third-order valence-corrected chi connectivity index (χ3v) is 1.57. The highest BCUT2D eigenvalue weighted by molar-refractivity contribution is 5.85. The molecule has 68 valence electrons. The quantitative estimate of drug-likeness (QED) is 0.670. The minimum absolute atomic E-state index is 0. The van der Waals surface area contributed by atoms with Gasteiger partial charge in [0.05, 0.1) is 6.54 Å². The highest BCUT2D eigenvalue weighted by Crippen LogP contribution is 1.97.